The molecule has 1 aromatic heterocycles. The highest BCUT2D eigenvalue weighted by molar-refractivity contribution is 8.05. The maximum absolute atomic E-state index is 11.3. The van der Waals surface area contributed by atoms with Crippen LogP contribution >= 0.6 is 23.1 Å². The molecule has 0 fully saturated rings. The number of primary amides is 1. The van der Waals surface area contributed by atoms with Crippen molar-refractivity contribution in [1.29, 1.82) is 5.53 Å². The Hall–Kier alpha value is -2.30. The van der Waals surface area contributed by atoms with Crippen molar-refractivity contribution in [3.8, 4) is 0 Å². The van der Waals surface area contributed by atoms with Crippen molar-refractivity contribution in [3.05, 3.63) is 43.8 Å². The lowest BCUT2D eigenvalue weighted by Gasteiger charge is -2.36. The van der Waals surface area contributed by atoms with Crippen LogP contribution in [-0.4, -0.2) is 30.6 Å². The fourth-order valence-electron chi connectivity index (χ4n) is 3.59. The third kappa shape index (κ3) is 6.10. The number of amidine groups is 1. The SMILES string of the molecule is C[C@H](CC(C)(C(N)=NN=N)C1=C(CCc2ccc(C(N)=O)s2)SC=CC1)NCC=O. The number of carbonyl (C=O) groups is 2. The van der Waals surface area contributed by atoms with E-state index in [9.17, 15) is 9.59 Å². The van der Waals surface area contributed by atoms with Gasteiger partial charge in [-0.05, 0) is 67.5 Å². The van der Waals surface area contributed by atoms with Gasteiger partial charge in [-0.3, -0.25) is 4.79 Å². The highest BCUT2D eigenvalue weighted by atomic mass is 32.2. The fourth-order valence-corrected chi connectivity index (χ4v) is 5.47. The van der Waals surface area contributed by atoms with Gasteiger partial charge >= 0.3 is 0 Å². The molecule has 0 aromatic carbocycles. The number of amides is 1. The molecule has 1 unspecified atom stereocenters. The van der Waals surface area contributed by atoms with Gasteiger partial charge in [-0.25, -0.2) is 0 Å². The van der Waals surface area contributed by atoms with Gasteiger partial charge in [0, 0.05) is 10.9 Å². The standard InChI is InChI=1S/C20H28N6O2S2/c1-13(24-9-10-27)12-20(2,19(22)25-26-23)15-4-3-11-29-16(15)7-5-14-6-8-17(30-14)18(21)28/h3,6,8,10-11,13,24H,4-5,7,9,12H2,1-2H3,(H2,21,28)(H3,22,23,25)/t13-,20?/m1/s1. The second kappa shape index (κ2) is 11.2. The monoisotopic (exact) mass is 448 g/mol. The van der Waals surface area contributed by atoms with E-state index in [2.05, 4.69) is 27.1 Å². The summed E-state index contributed by atoms with van der Waals surface area (Å²) in [5.41, 5.74) is 19.3. The van der Waals surface area contributed by atoms with E-state index in [4.69, 9.17) is 17.0 Å². The molecule has 30 heavy (non-hydrogen) atoms. The number of nitrogens with zero attached hydrogens (tertiary/aromatic N) is 2. The minimum absolute atomic E-state index is 0.0137. The Morgan fingerprint density at radius 1 is 1.40 bits per heavy atom. The zero-order valence-corrected chi connectivity index (χ0v) is 18.8. The Morgan fingerprint density at radius 3 is 2.80 bits per heavy atom. The Bertz CT molecular complexity index is 876. The van der Waals surface area contributed by atoms with Crippen LogP contribution in [0.15, 0.2) is 44.4 Å². The number of aldehydes is 1. The fraction of sp³-hybridized carbons (Fsp3) is 0.450. The molecule has 6 N–H and O–H groups in total. The number of nitrogens with two attached hydrogens (primary N) is 2. The number of carbonyl (C=O) groups excluding carboxylic acids is 2. The summed E-state index contributed by atoms with van der Waals surface area (Å²) < 4.78 is 0. The largest absolute Gasteiger partial charge is 0.385 e. The topological polar surface area (TPSA) is 147 Å². The van der Waals surface area contributed by atoms with Crippen molar-refractivity contribution in [2.75, 3.05) is 6.54 Å². The first kappa shape index (κ1) is 24.0. The maximum Gasteiger partial charge on any atom is 0.258 e. The van der Waals surface area contributed by atoms with E-state index < -0.39 is 11.3 Å². The predicted octanol–water partition coefficient (Wildman–Crippen LogP) is 3.56. The average Bonchev–Trinajstić information content (AvgIpc) is 3.20. The summed E-state index contributed by atoms with van der Waals surface area (Å²) in [7, 11) is 0. The first-order valence-corrected chi connectivity index (χ1v) is 11.3. The first-order chi connectivity index (χ1) is 14.3. The van der Waals surface area contributed by atoms with Crippen LogP contribution in [0.1, 0.15) is 47.7 Å². The van der Waals surface area contributed by atoms with Crippen molar-refractivity contribution in [1.82, 2.24) is 5.32 Å². The normalized spacial score (nSPS) is 17.5. The van der Waals surface area contributed by atoms with Gasteiger partial charge in [0.2, 0.25) is 0 Å². The Labute approximate surface area is 184 Å². The molecule has 10 heteroatoms. The van der Waals surface area contributed by atoms with Crippen molar-refractivity contribution < 1.29 is 9.59 Å². The van der Waals surface area contributed by atoms with Crippen LogP contribution in [-0.2, 0) is 11.2 Å². The summed E-state index contributed by atoms with van der Waals surface area (Å²) in [6, 6.07) is 3.71. The molecule has 0 saturated carbocycles. The molecule has 0 aliphatic carbocycles. The van der Waals surface area contributed by atoms with Gasteiger partial charge in [0.1, 0.15) is 12.1 Å². The molecule has 0 bridgehead atoms. The molecule has 1 aliphatic rings. The van der Waals surface area contributed by atoms with Crippen molar-refractivity contribution in [2.24, 2.45) is 27.2 Å². The summed E-state index contributed by atoms with van der Waals surface area (Å²) in [5, 5.41) is 12.2. The van der Waals surface area contributed by atoms with E-state index in [-0.39, 0.29) is 18.4 Å². The summed E-state index contributed by atoms with van der Waals surface area (Å²) in [6.45, 7) is 4.27. The lowest BCUT2D eigenvalue weighted by atomic mass is 9.73. The maximum atomic E-state index is 11.3. The van der Waals surface area contributed by atoms with Gasteiger partial charge in [0.15, 0.2) is 0 Å². The Balaban J connectivity index is 2.31. The van der Waals surface area contributed by atoms with Gasteiger partial charge in [-0.1, -0.05) is 11.3 Å². The van der Waals surface area contributed by atoms with E-state index in [0.29, 0.717) is 11.3 Å². The molecule has 162 valence electrons. The van der Waals surface area contributed by atoms with E-state index >= 15 is 0 Å². The van der Waals surface area contributed by atoms with Gasteiger partial charge in [-0.15, -0.1) is 28.2 Å². The second-order valence-corrected chi connectivity index (χ2v) is 9.49. The number of aryl methyl sites for hydroxylation is 1. The average molecular weight is 449 g/mol. The van der Waals surface area contributed by atoms with E-state index in [1.54, 1.807) is 17.8 Å². The first-order valence-electron chi connectivity index (χ1n) is 9.62. The third-order valence-corrected chi connectivity index (χ3v) is 7.34. The van der Waals surface area contributed by atoms with Gasteiger partial charge in [0.25, 0.3) is 5.91 Å². The van der Waals surface area contributed by atoms with E-state index in [0.717, 1.165) is 36.0 Å². The minimum atomic E-state index is -0.610. The highest BCUT2D eigenvalue weighted by Crippen LogP contribution is 2.44. The molecule has 1 aliphatic heterocycles. The summed E-state index contributed by atoms with van der Waals surface area (Å²) >= 11 is 3.08. The van der Waals surface area contributed by atoms with Crippen LogP contribution in [0.2, 0.25) is 0 Å². The van der Waals surface area contributed by atoms with E-state index in [1.807, 2.05) is 19.9 Å². The van der Waals surface area contributed by atoms with Crippen LogP contribution in [0.5, 0.6) is 0 Å². The lowest BCUT2D eigenvalue weighted by molar-refractivity contribution is -0.107. The van der Waals surface area contributed by atoms with Crippen LogP contribution in [0.4, 0.5) is 0 Å². The molecule has 2 heterocycles. The third-order valence-electron chi connectivity index (χ3n) is 5.12. The molecule has 0 saturated heterocycles. The quantitative estimate of drug-likeness (QED) is 0.127. The minimum Gasteiger partial charge on any atom is -0.385 e. The zero-order valence-electron chi connectivity index (χ0n) is 17.2. The number of hydrogen-bond acceptors (Lipinski definition) is 7. The number of rotatable bonds is 12. The summed E-state index contributed by atoms with van der Waals surface area (Å²) in [6.07, 6.45) is 5.84. The Morgan fingerprint density at radius 2 is 2.17 bits per heavy atom. The molecule has 8 nitrogen and oxygen atoms in total. The predicted molar refractivity (Wildman–Crippen MR) is 123 cm³/mol. The number of allylic oxidation sites excluding steroid dienone is 2. The van der Waals surface area contributed by atoms with Crippen molar-refractivity contribution in [3.63, 3.8) is 0 Å². The molecule has 1 amide bonds. The summed E-state index contributed by atoms with van der Waals surface area (Å²) in [5.74, 6) is -0.124. The molecule has 0 radical (unpaired) electrons. The molecule has 0 spiro atoms. The second-order valence-electron chi connectivity index (χ2n) is 7.32. The van der Waals surface area contributed by atoms with Crippen molar-refractivity contribution in [2.45, 2.75) is 45.6 Å². The smallest absolute Gasteiger partial charge is 0.258 e. The Kier molecular flexibility index (Phi) is 8.94. The van der Waals surface area contributed by atoms with Crippen LogP contribution in [0.25, 0.3) is 0 Å². The lowest BCUT2D eigenvalue weighted by Crippen LogP contribution is -2.43. The van der Waals surface area contributed by atoms with E-state index in [1.165, 1.54) is 16.2 Å². The van der Waals surface area contributed by atoms with Crippen LogP contribution in [0.3, 0.4) is 0 Å². The number of thiophene rings is 1. The molecule has 2 atom stereocenters. The zero-order chi connectivity index (χ0) is 22.1. The van der Waals surface area contributed by atoms with Gasteiger partial charge < -0.3 is 21.6 Å². The molecule has 1 aromatic rings. The van der Waals surface area contributed by atoms with Crippen LogP contribution < -0.4 is 16.8 Å². The van der Waals surface area contributed by atoms with Crippen LogP contribution in [0, 0.1) is 10.9 Å². The van der Waals surface area contributed by atoms with Crippen molar-refractivity contribution >= 4 is 41.1 Å². The number of nitrogens with one attached hydrogen (secondary N) is 2. The number of hydrogen-bond donors (Lipinski definition) is 4. The molecule has 2 rings (SSSR count). The highest BCUT2D eigenvalue weighted by Gasteiger charge is 2.37. The van der Waals surface area contributed by atoms with Gasteiger partial charge in [0.05, 0.1) is 16.8 Å². The molecular weight excluding hydrogens is 420 g/mol. The summed E-state index contributed by atoms with van der Waals surface area (Å²) in [4.78, 5) is 24.9. The molecular formula is C20H28N6O2S2. The number of thioether (sulfide) groups is 1. The van der Waals surface area contributed by atoms with Gasteiger partial charge in [-0.2, -0.15) is 5.53 Å².